The van der Waals surface area contributed by atoms with E-state index in [1.807, 2.05) is 0 Å². The topological polar surface area (TPSA) is 181 Å². The van der Waals surface area contributed by atoms with Crippen molar-refractivity contribution in [1.82, 2.24) is 15.3 Å². The molecule has 1 aliphatic rings. The van der Waals surface area contributed by atoms with Crippen molar-refractivity contribution >= 4 is 41.3 Å². The molecule has 0 aliphatic carbocycles. The number of benzene rings is 2. The third-order valence-electron chi connectivity index (χ3n) is 6.10. The monoisotopic (exact) mass is 533 g/mol. The molecule has 196 valence electrons. The van der Waals surface area contributed by atoms with Crippen LogP contribution in [0.2, 0.25) is 5.02 Å². The Kier molecular flexibility index (Phi) is 8.47. The smallest absolute Gasteiger partial charge is 0.244 e. The maximum atomic E-state index is 13.0. The van der Waals surface area contributed by atoms with Crippen molar-refractivity contribution in [2.75, 3.05) is 16.9 Å². The number of nitriles is 1. The first-order chi connectivity index (χ1) is 18.4. The summed E-state index contributed by atoms with van der Waals surface area (Å²) >= 11 is 6.15. The van der Waals surface area contributed by atoms with Gasteiger partial charge in [-0.05, 0) is 49.2 Å². The molecule has 0 fully saturated rings. The predicted molar refractivity (Wildman–Crippen MR) is 148 cm³/mol. The number of nitrogens with two attached hydrogens (primary N) is 2. The Morgan fingerprint density at radius 3 is 2.92 bits per heavy atom. The van der Waals surface area contributed by atoms with Crippen LogP contribution in [0.15, 0.2) is 47.6 Å². The molecule has 4 rings (SSSR count). The van der Waals surface area contributed by atoms with Crippen LogP contribution < -0.4 is 27.3 Å². The van der Waals surface area contributed by atoms with E-state index in [-0.39, 0.29) is 17.4 Å². The van der Waals surface area contributed by atoms with E-state index in [2.05, 4.69) is 26.8 Å². The van der Waals surface area contributed by atoms with Crippen molar-refractivity contribution in [3.05, 3.63) is 64.6 Å². The van der Waals surface area contributed by atoms with Crippen LogP contribution in [0.25, 0.3) is 17.3 Å². The fourth-order valence-electron chi connectivity index (χ4n) is 4.28. The summed E-state index contributed by atoms with van der Waals surface area (Å²) < 4.78 is 0. The number of amides is 1. The number of phenolic OH excluding ortho intramolecular Hbond substituents is 1. The van der Waals surface area contributed by atoms with Crippen molar-refractivity contribution in [2.45, 2.75) is 31.7 Å². The van der Waals surface area contributed by atoms with Crippen molar-refractivity contribution in [2.24, 2.45) is 16.8 Å². The summed E-state index contributed by atoms with van der Waals surface area (Å²) in [7, 11) is 0. The Balaban J connectivity index is 1.62. The molecule has 8 N–H and O–H groups in total. The first-order valence-electron chi connectivity index (χ1n) is 12.0. The number of H-pyrrole nitrogens is 1. The zero-order valence-corrected chi connectivity index (χ0v) is 21.2. The molecular formula is C26H28ClN9O2. The molecule has 38 heavy (non-hydrogen) atoms. The van der Waals surface area contributed by atoms with Gasteiger partial charge in [0.15, 0.2) is 0 Å². The third-order valence-corrected chi connectivity index (χ3v) is 6.33. The van der Waals surface area contributed by atoms with Crippen molar-refractivity contribution in [3.8, 4) is 23.1 Å². The van der Waals surface area contributed by atoms with Gasteiger partial charge in [-0.3, -0.25) is 9.80 Å². The Bertz CT molecular complexity index is 1410. The number of carbonyl (C=O) groups excluding carboxylic acids is 1. The van der Waals surface area contributed by atoms with Crippen molar-refractivity contribution in [1.29, 1.82) is 5.26 Å². The lowest BCUT2D eigenvalue weighted by atomic mass is 10.1. The Morgan fingerprint density at radius 2 is 2.13 bits per heavy atom. The van der Waals surface area contributed by atoms with Crippen LogP contribution in [0.3, 0.4) is 0 Å². The minimum absolute atomic E-state index is 0.116. The molecule has 1 aliphatic heterocycles. The van der Waals surface area contributed by atoms with Gasteiger partial charge < -0.3 is 26.6 Å². The SMILES string of the molecule is N#Cc1[nH]c2nc1-c1ccc(O)cc1NCCCCC[C@@H]2NC(=O)/C=C/c1cc(Cl)ccc1N(N)/C=N\N. The van der Waals surface area contributed by atoms with Crippen LogP contribution in [0.1, 0.15) is 48.8 Å². The number of aromatic amines is 1. The average Bonchev–Trinajstić information content (AvgIpc) is 3.32. The van der Waals surface area contributed by atoms with E-state index in [1.54, 1.807) is 42.5 Å². The number of nitrogens with one attached hydrogen (secondary N) is 3. The van der Waals surface area contributed by atoms with Gasteiger partial charge >= 0.3 is 0 Å². The van der Waals surface area contributed by atoms with E-state index in [4.69, 9.17) is 28.3 Å². The second kappa shape index (κ2) is 12.1. The lowest BCUT2D eigenvalue weighted by Crippen LogP contribution is -2.30. The van der Waals surface area contributed by atoms with Crippen molar-refractivity contribution in [3.63, 3.8) is 0 Å². The number of anilines is 2. The molecule has 1 amide bonds. The number of imidazole rings is 1. The molecule has 0 radical (unpaired) electrons. The zero-order valence-electron chi connectivity index (χ0n) is 20.5. The molecule has 0 saturated carbocycles. The number of nitrogens with zero attached hydrogens (tertiary/aromatic N) is 4. The van der Waals surface area contributed by atoms with Crippen molar-refractivity contribution < 1.29 is 9.90 Å². The van der Waals surface area contributed by atoms with Gasteiger partial charge in [0.1, 0.15) is 35.4 Å². The lowest BCUT2D eigenvalue weighted by molar-refractivity contribution is -0.117. The standard InChI is InChI=1S/C26H28ClN9O2/c27-17-6-9-23(36(30)15-32-29)16(12-17)5-10-24(38)33-20-4-2-1-3-11-31-21-13-18(37)7-8-19(21)25-22(14-28)34-26(20)35-25/h5-10,12-13,15,20,31,37H,1-4,11,29-30H2,(H,33,38)(H,34,35)/b10-5+,32-15-/t20-/m0/s1. The van der Waals surface area contributed by atoms with E-state index in [9.17, 15) is 15.2 Å². The minimum atomic E-state index is -0.449. The van der Waals surface area contributed by atoms with Gasteiger partial charge in [-0.25, -0.2) is 10.8 Å². The second-order valence-electron chi connectivity index (χ2n) is 8.73. The van der Waals surface area contributed by atoms with Gasteiger partial charge in [-0.2, -0.15) is 10.4 Å². The van der Waals surface area contributed by atoms with Gasteiger partial charge in [-0.15, -0.1) is 0 Å². The molecule has 0 spiro atoms. The second-order valence-corrected chi connectivity index (χ2v) is 9.17. The first kappa shape index (κ1) is 26.5. The summed E-state index contributed by atoms with van der Waals surface area (Å²) in [6.07, 6.45) is 7.50. The van der Waals surface area contributed by atoms with E-state index in [0.29, 0.717) is 52.0 Å². The highest BCUT2D eigenvalue weighted by atomic mass is 35.5. The van der Waals surface area contributed by atoms with Crippen LogP contribution in [-0.2, 0) is 4.79 Å². The van der Waals surface area contributed by atoms with Gasteiger partial charge in [0, 0.05) is 40.5 Å². The number of hydrazine groups is 1. The summed E-state index contributed by atoms with van der Waals surface area (Å²) in [5, 5.41) is 31.2. The number of aromatic nitrogens is 2. The fourth-order valence-corrected chi connectivity index (χ4v) is 4.46. The molecule has 3 aromatic rings. The van der Waals surface area contributed by atoms with Gasteiger partial charge in [0.25, 0.3) is 0 Å². The summed E-state index contributed by atoms with van der Waals surface area (Å²) in [4.78, 5) is 20.8. The third kappa shape index (κ3) is 6.23. The zero-order chi connectivity index (χ0) is 27.1. The lowest BCUT2D eigenvalue weighted by Gasteiger charge is -2.17. The summed E-state index contributed by atoms with van der Waals surface area (Å²) in [5.74, 6) is 11.4. The highest BCUT2D eigenvalue weighted by molar-refractivity contribution is 6.30. The van der Waals surface area contributed by atoms with Crippen LogP contribution in [0.4, 0.5) is 11.4 Å². The molecule has 0 unspecified atom stereocenters. The molecule has 11 nitrogen and oxygen atoms in total. The molecule has 2 bridgehead atoms. The number of halogens is 1. The van der Waals surface area contributed by atoms with Crippen LogP contribution >= 0.6 is 11.6 Å². The Morgan fingerprint density at radius 1 is 1.29 bits per heavy atom. The van der Waals surface area contributed by atoms with E-state index < -0.39 is 6.04 Å². The predicted octanol–water partition coefficient (Wildman–Crippen LogP) is 3.75. The van der Waals surface area contributed by atoms with E-state index in [0.717, 1.165) is 19.3 Å². The summed E-state index contributed by atoms with van der Waals surface area (Å²) in [6, 6.07) is 11.6. The molecule has 12 heteroatoms. The number of hydrogen-bond donors (Lipinski definition) is 6. The quantitative estimate of drug-likeness (QED) is 0.0941. The fraction of sp³-hybridized carbons (Fsp3) is 0.231. The summed E-state index contributed by atoms with van der Waals surface area (Å²) in [6.45, 7) is 0.699. The normalized spacial score (nSPS) is 15.7. The Hall–Kier alpha value is -4.53. The Labute approximate surface area is 224 Å². The average molecular weight is 534 g/mol. The molecule has 2 aromatic carbocycles. The van der Waals surface area contributed by atoms with Gasteiger partial charge in [0.2, 0.25) is 5.91 Å². The molecule has 2 heterocycles. The summed E-state index contributed by atoms with van der Waals surface area (Å²) in [5.41, 5.74) is 3.24. The van der Waals surface area contributed by atoms with Crippen LogP contribution in [0.5, 0.6) is 5.75 Å². The number of fused-ring (bicyclic) bond motifs is 4. The largest absolute Gasteiger partial charge is 0.508 e. The first-order valence-corrected chi connectivity index (χ1v) is 12.4. The van der Waals surface area contributed by atoms with Gasteiger partial charge in [-0.1, -0.05) is 24.4 Å². The molecule has 1 aromatic heterocycles. The van der Waals surface area contributed by atoms with E-state index >= 15 is 0 Å². The highest BCUT2D eigenvalue weighted by Gasteiger charge is 2.23. The maximum absolute atomic E-state index is 13.0. The number of phenols is 1. The number of rotatable bonds is 5. The minimum Gasteiger partial charge on any atom is -0.508 e. The van der Waals surface area contributed by atoms with Gasteiger partial charge in [0.05, 0.1) is 11.7 Å². The maximum Gasteiger partial charge on any atom is 0.244 e. The molecule has 0 saturated heterocycles. The van der Waals surface area contributed by atoms with Crippen LogP contribution in [0, 0.1) is 11.3 Å². The number of hydrazone groups is 1. The molecule has 1 atom stereocenters. The van der Waals surface area contributed by atoms with Crippen LogP contribution in [-0.4, -0.2) is 33.9 Å². The highest BCUT2D eigenvalue weighted by Crippen LogP contribution is 2.34. The number of carbonyl (C=O) groups is 1. The van der Waals surface area contributed by atoms with E-state index in [1.165, 1.54) is 17.4 Å². The molecular weight excluding hydrogens is 506 g/mol. The number of aromatic hydroxyl groups is 1. The number of hydrogen-bond acceptors (Lipinski definition) is 8.